The molecule has 0 spiro atoms. The van der Waals surface area contributed by atoms with Crippen LogP contribution in [0, 0.1) is 17.1 Å². The Labute approximate surface area is 122 Å². The molecule has 1 aromatic rings. The number of amides is 1. The third kappa shape index (κ3) is 4.94. The van der Waals surface area contributed by atoms with Gasteiger partial charge in [0.05, 0.1) is 30.5 Å². The number of nitrogens with zero attached hydrogens (tertiary/aromatic N) is 1. The van der Waals surface area contributed by atoms with Crippen LogP contribution in [0.25, 0.3) is 0 Å². The molecule has 0 heterocycles. The molecule has 1 unspecified atom stereocenters. The fraction of sp³-hybridized carbons (Fsp3) is 0.250. The van der Waals surface area contributed by atoms with Gasteiger partial charge in [-0.05, 0) is 19.1 Å². The van der Waals surface area contributed by atoms with Crippen molar-refractivity contribution in [2.75, 3.05) is 17.1 Å². The minimum Gasteiger partial charge on any atom is -0.323 e. The van der Waals surface area contributed by atoms with Gasteiger partial charge in [-0.3, -0.25) is 18.5 Å². The molecule has 1 amide bonds. The molecule has 0 saturated carbocycles. The van der Waals surface area contributed by atoms with Crippen molar-refractivity contribution in [3.05, 3.63) is 23.5 Å². The molecule has 0 fully saturated rings. The first-order valence-electron chi connectivity index (χ1n) is 5.63. The highest BCUT2D eigenvalue weighted by atomic mass is 32.2. The molecule has 1 aromatic carbocycles. The van der Waals surface area contributed by atoms with Gasteiger partial charge in [0.25, 0.3) is 11.3 Å². The molecule has 0 saturated heterocycles. The predicted molar refractivity (Wildman–Crippen MR) is 73.8 cm³/mol. The lowest BCUT2D eigenvalue weighted by Crippen LogP contribution is -2.16. The summed E-state index contributed by atoms with van der Waals surface area (Å²) in [6.45, 7) is 1.23. The van der Waals surface area contributed by atoms with E-state index in [9.17, 15) is 18.2 Å². The smallest absolute Gasteiger partial charge is 0.261 e. The van der Waals surface area contributed by atoms with Crippen molar-refractivity contribution in [1.82, 2.24) is 0 Å². The zero-order chi connectivity index (χ0) is 16.0. The molecule has 9 heteroatoms. The van der Waals surface area contributed by atoms with Gasteiger partial charge in [-0.1, -0.05) is 0 Å². The van der Waals surface area contributed by atoms with E-state index in [1.807, 2.05) is 0 Å². The van der Waals surface area contributed by atoms with E-state index < -0.39 is 29.4 Å². The Morgan fingerprint density at radius 2 is 2.10 bits per heavy atom. The van der Waals surface area contributed by atoms with E-state index in [-0.39, 0.29) is 22.7 Å². The molecule has 2 N–H and O–H groups in total. The topological polar surface area (TPSA) is 108 Å². The molecule has 112 valence electrons. The number of carbonyl (C=O) groups excluding carboxylic acids is 2. The van der Waals surface area contributed by atoms with Gasteiger partial charge in [0.2, 0.25) is 5.91 Å². The summed E-state index contributed by atoms with van der Waals surface area (Å²) in [7, 11) is 1.17. The van der Waals surface area contributed by atoms with Gasteiger partial charge in [-0.25, -0.2) is 8.60 Å². The number of anilines is 2. The predicted octanol–water partition coefficient (Wildman–Crippen LogP) is 1.25. The van der Waals surface area contributed by atoms with E-state index in [2.05, 4.69) is 14.2 Å². The van der Waals surface area contributed by atoms with Gasteiger partial charge in [-0.15, -0.1) is 0 Å². The van der Waals surface area contributed by atoms with Gasteiger partial charge in [0.1, 0.15) is 17.7 Å². The van der Waals surface area contributed by atoms with E-state index in [1.165, 1.54) is 14.0 Å². The van der Waals surface area contributed by atoms with E-state index in [1.54, 1.807) is 6.07 Å². The molecule has 1 atom stereocenters. The van der Waals surface area contributed by atoms with Crippen LogP contribution in [-0.2, 0) is 25.0 Å². The second-order valence-electron chi connectivity index (χ2n) is 3.92. The Morgan fingerprint density at radius 1 is 1.43 bits per heavy atom. The fourth-order valence-electron chi connectivity index (χ4n) is 1.40. The van der Waals surface area contributed by atoms with E-state index in [4.69, 9.17) is 5.26 Å². The van der Waals surface area contributed by atoms with Crippen molar-refractivity contribution in [3.8, 4) is 6.07 Å². The first-order chi connectivity index (χ1) is 9.87. The van der Waals surface area contributed by atoms with Crippen LogP contribution >= 0.6 is 0 Å². The summed E-state index contributed by atoms with van der Waals surface area (Å²) in [6, 6.07) is 3.69. The first kappa shape index (κ1) is 16.7. The van der Waals surface area contributed by atoms with Crippen molar-refractivity contribution in [2.24, 2.45) is 0 Å². The molecule has 0 aliphatic carbocycles. The summed E-state index contributed by atoms with van der Waals surface area (Å²) in [5, 5.41) is 11.1. The SMILES string of the molecule is COS(=O)Nc1cc(NC(=O)CC(C)=O)c(F)cc1C#N. The number of nitriles is 1. The molecule has 0 aromatic heterocycles. The average molecular weight is 313 g/mol. The summed E-state index contributed by atoms with van der Waals surface area (Å²) in [5.41, 5.74) is -0.324. The van der Waals surface area contributed by atoms with Crippen molar-refractivity contribution in [1.29, 1.82) is 5.26 Å². The number of Topliss-reactive ketones (excluding diaryl/α,β-unsaturated/α-hetero) is 1. The normalized spacial score (nSPS) is 11.3. The van der Waals surface area contributed by atoms with Crippen LogP contribution in [0.3, 0.4) is 0 Å². The van der Waals surface area contributed by atoms with E-state index in [0.717, 1.165) is 12.1 Å². The molecule has 0 aliphatic rings. The fourth-order valence-corrected chi connectivity index (χ4v) is 1.83. The Bertz CT molecular complexity index is 642. The second-order valence-corrected chi connectivity index (χ2v) is 4.93. The summed E-state index contributed by atoms with van der Waals surface area (Å²) < 4.78 is 31.8. The monoisotopic (exact) mass is 313 g/mol. The van der Waals surface area contributed by atoms with Crippen LogP contribution in [0.1, 0.15) is 18.9 Å². The molecular formula is C12H12FN3O4S. The summed E-state index contributed by atoms with van der Waals surface area (Å²) in [5.74, 6) is -1.91. The average Bonchev–Trinajstić information content (AvgIpc) is 2.40. The highest BCUT2D eigenvalue weighted by molar-refractivity contribution is 7.81. The minimum absolute atomic E-state index is 0.0252. The number of ketones is 1. The maximum Gasteiger partial charge on any atom is 0.261 e. The molecular weight excluding hydrogens is 301 g/mol. The Kier molecular flexibility index (Phi) is 5.95. The summed E-state index contributed by atoms with van der Waals surface area (Å²) in [4.78, 5) is 22.3. The molecule has 0 bridgehead atoms. The van der Waals surface area contributed by atoms with E-state index >= 15 is 0 Å². The maximum atomic E-state index is 13.7. The number of benzene rings is 1. The molecule has 0 radical (unpaired) electrons. The number of nitrogens with one attached hydrogen (secondary N) is 2. The molecule has 7 nitrogen and oxygen atoms in total. The minimum atomic E-state index is -1.92. The van der Waals surface area contributed by atoms with Gasteiger partial charge >= 0.3 is 0 Å². The zero-order valence-electron chi connectivity index (χ0n) is 11.2. The maximum absolute atomic E-state index is 13.7. The summed E-state index contributed by atoms with van der Waals surface area (Å²) >= 11 is -1.92. The Hall–Kier alpha value is -2.31. The van der Waals surface area contributed by atoms with Crippen molar-refractivity contribution in [3.63, 3.8) is 0 Å². The lowest BCUT2D eigenvalue weighted by atomic mass is 10.1. The van der Waals surface area contributed by atoms with E-state index in [0.29, 0.717) is 0 Å². The second kappa shape index (κ2) is 7.47. The number of carbonyl (C=O) groups is 2. The summed E-state index contributed by atoms with van der Waals surface area (Å²) in [6.07, 6.45) is -0.397. The van der Waals surface area contributed by atoms with Crippen LogP contribution < -0.4 is 10.0 Å². The van der Waals surface area contributed by atoms with Gasteiger partial charge in [0, 0.05) is 0 Å². The van der Waals surface area contributed by atoms with Crippen LogP contribution in [0.15, 0.2) is 12.1 Å². The van der Waals surface area contributed by atoms with Crippen molar-refractivity contribution < 1.29 is 22.4 Å². The Morgan fingerprint density at radius 3 is 2.62 bits per heavy atom. The number of hydrogen-bond acceptors (Lipinski definition) is 5. The number of rotatable bonds is 6. The number of hydrogen-bond donors (Lipinski definition) is 2. The third-order valence-electron chi connectivity index (χ3n) is 2.26. The standard InChI is InChI=1S/C12H12FN3O4S/c1-7(17)3-12(18)15-11-5-10(16-21(19)20-2)8(6-14)4-9(11)13/h4-5,16H,3H2,1-2H3,(H,15,18). The highest BCUT2D eigenvalue weighted by Gasteiger charge is 2.14. The van der Waals surface area contributed by atoms with Crippen molar-refractivity contribution in [2.45, 2.75) is 13.3 Å². The van der Waals surface area contributed by atoms with Gasteiger partial charge in [0.15, 0.2) is 0 Å². The zero-order valence-corrected chi connectivity index (χ0v) is 12.0. The number of halogens is 1. The molecule has 0 aliphatic heterocycles. The quantitative estimate of drug-likeness (QED) is 0.768. The lowest BCUT2D eigenvalue weighted by Gasteiger charge is -2.10. The van der Waals surface area contributed by atoms with Gasteiger partial charge < -0.3 is 5.32 Å². The molecule has 21 heavy (non-hydrogen) atoms. The molecule has 1 rings (SSSR count). The largest absolute Gasteiger partial charge is 0.323 e. The Balaban J connectivity index is 3.08. The third-order valence-corrected chi connectivity index (χ3v) is 2.95. The van der Waals surface area contributed by atoms with Crippen molar-refractivity contribution >= 4 is 34.3 Å². The van der Waals surface area contributed by atoms with Crippen LogP contribution in [0.5, 0.6) is 0 Å². The van der Waals surface area contributed by atoms with Crippen LogP contribution in [0.4, 0.5) is 15.8 Å². The van der Waals surface area contributed by atoms with Gasteiger partial charge in [-0.2, -0.15) is 5.26 Å². The van der Waals surface area contributed by atoms with Crippen LogP contribution in [-0.4, -0.2) is 23.0 Å². The first-order valence-corrected chi connectivity index (χ1v) is 6.70. The van der Waals surface area contributed by atoms with Crippen LogP contribution in [0.2, 0.25) is 0 Å². The lowest BCUT2D eigenvalue weighted by molar-refractivity contribution is -0.124. The highest BCUT2D eigenvalue weighted by Crippen LogP contribution is 2.25.